The topological polar surface area (TPSA) is 98.5 Å². The molecule has 0 saturated heterocycles. The maximum atomic E-state index is 13.4. The summed E-state index contributed by atoms with van der Waals surface area (Å²) in [6.07, 6.45) is 0. The van der Waals surface area contributed by atoms with Crippen LogP contribution < -0.4 is 5.32 Å². The fraction of sp³-hybridized carbons (Fsp3) is 0.125. The SMILES string of the molecule is Cc1cc(C(=O)OCC(=O)Nc2c(F)cccc2F)ccc1[N+](=O)[O-]. The number of anilines is 1. The largest absolute Gasteiger partial charge is 0.452 e. The molecule has 25 heavy (non-hydrogen) atoms. The fourth-order valence-electron chi connectivity index (χ4n) is 1.99. The summed E-state index contributed by atoms with van der Waals surface area (Å²) >= 11 is 0. The minimum absolute atomic E-state index is 0.00738. The molecule has 0 aliphatic carbocycles. The highest BCUT2D eigenvalue weighted by atomic mass is 19.1. The van der Waals surface area contributed by atoms with Gasteiger partial charge in [-0.3, -0.25) is 14.9 Å². The average molecular weight is 350 g/mol. The average Bonchev–Trinajstić information content (AvgIpc) is 2.55. The third-order valence-electron chi connectivity index (χ3n) is 3.19. The van der Waals surface area contributed by atoms with Crippen LogP contribution >= 0.6 is 0 Å². The van der Waals surface area contributed by atoms with E-state index in [1.807, 2.05) is 5.32 Å². The molecule has 0 spiro atoms. The molecule has 0 atom stereocenters. The molecule has 0 unspecified atom stereocenters. The number of hydrogen-bond acceptors (Lipinski definition) is 5. The molecule has 9 heteroatoms. The van der Waals surface area contributed by atoms with Crippen LogP contribution in [0.3, 0.4) is 0 Å². The first-order valence-corrected chi connectivity index (χ1v) is 6.95. The number of nitrogens with zero attached hydrogens (tertiary/aromatic N) is 1. The Labute approximate surface area is 140 Å². The predicted octanol–water partition coefficient (Wildman–Crippen LogP) is 2.98. The number of nitro benzene ring substituents is 1. The van der Waals surface area contributed by atoms with Crippen LogP contribution in [0, 0.1) is 28.7 Å². The van der Waals surface area contributed by atoms with E-state index in [1.165, 1.54) is 19.1 Å². The summed E-state index contributed by atoms with van der Waals surface area (Å²) in [6, 6.07) is 6.63. The highest BCUT2D eigenvalue weighted by Crippen LogP contribution is 2.20. The molecule has 130 valence electrons. The molecule has 0 heterocycles. The number of hydrogen-bond donors (Lipinski definition) is 1. The number of amides is 1. The molecule has 0 bridgehead atoms. The second-order valence-electron chi connectivity index (χ2n) is 4.98. The molecule has 2 aromatic rings. The van der Waals surface area contributed by atoms with Gasteiger partial charge in [0.25, 0.3) is 11.6 Å². The van der Waals surface area contributed by atoms with E-state index < -0.39 is 40.7 Å². The van der Waals surface area contributed by atoms with Gasteiger partial charge in [-0.25, -0.2) is 13.6 Å². The summed E-state index contributed by atoms with van der Waals surface area (Å²) < 4.78 is 31.5. The molecule has 7 nitrogen and oxygen atoms in total. The number of aryl methyl sites for hydroxylation is 1. The Morgan fingerprint density at radius 3 is 2.40 bits per heavy atom. The lowest BCUT2D eigenvalue weighted by atomic mass is 10.1. The lowest BCUT2D eigenvalue weighted by Crippen LogP contribution is -2.22. The summed E-state index contributed by atoms with van der Waals surface area (Å²) in [7, 11) is 0. The number of para-hydroxylation sites is 1. The van der Waals surface area contributed by atoms with E-state index in [0.717, 1.165) is 24.3 Å². The molecule has 1 amide bonds. The van der Waals surface area contributed by atoms with Crippen LogP contribution in [-0.4, -0.2) is 23.4 Å². The van der Waals surface area contributed by atoms with Gasteiger partial charge in [-0.15, -0.1) is 0 Å². The zero-order valence-electron chi connectivity index (χ0n) is 12.9. The van der Waals surface area contributed by atoms with Crippen molar-refractivity contribution in [3.8, 4) is 0 Å². The minimum Gasteiger partial charge on any atom is -0.452 e. The maximum absolute atomic E-state index is 13.4. The molecule has 0 aromatic heterocycles. The van der Waals surface area contributed by atoms with E-state index in [4.69, 9.17) is 4.74 Å². The highest BCUT2D eigenvalue weighted by Gasteiger charge is 2.17. The van der Waals surface area contributed by atoms with Gasteiger partial charge in [0, 0.05) is 11.6 Å². The van der Waals surface area contributed by atoms with Crippen molar-refractivity contribution < 1.29 is 28.0 Å². The van der Waals surface area contributed by atoms with E-state index >= 15 is 0 Å². The third kappa shape index (κ3) is 4.34. The standard InChI is InChI=1S/C16H12F2N2O5/c1-9-7-10(5-6-13(9)20(23)24)16(22)25-8-14(21)19-15-11(17)3-2-4-12(15)18/h2-7H,8H2,1H3,(H,19,21). The zero-order valence-corrected chi connectivity index (χ0v) is 12.9. The zero-order chi connectivity index (χ0) is 18.6. The van der Waals surface area contributed by atoms with Crippen molar-refractivity contribution in [3.63, 3.8) is 0 Å². The normalized spacial score (nSPS) is 10.2. The first kappa shape index (κ1) is 18.0. The molecule has 0 fully saturated rings. The van der Waals surface area contributed by atoms with Crippen LogP contribution in [-0.2, 0) is 9.53 Å². The number of carbonyl (C=O) groups excluding carboxylic acids is 2. The van der Waals surface area contributed by atoms with Crippen LogP contribution in [0.4, 0.5) is 20.2 Å². The van der Waals surface area contributed by atoms with Gasteiger partial charge in [-0.05, 0) is 31.2 Å². The summed E-state index contributed by atoms with van der Waals surface area (Å²) in [4.78, 5) is 33.6. The Kier molecular flexibility index (Phi) is 5.38. The quantitative estimate of drug-likeness (QED) is 0.508. The summed E-state index contributed by atoms with van der Waals surface area (Å²) in [5, 5.41) is 12.7. The van der Waals surface area contributed by atoms with Crippen molar-refractivity contribution in [1.82, 2.24) is 0 Å². The van der Waals surface area contributed by atoms with Crippen LogP contribution in [0.1, 0.15) is 15.9 Å². The highest BCUT2D eigenvalue weighted by molar-refractivity contribution is 5.95. The van der Waals surface area contributed by atoms with E-state index in [1.54, 1.807) is 0 Å². The van der Waals surface area contributed by atoms with Crippen molar-refractivity contribution in [2.45, 2.75) is 6.92 Å². The first-order valence-electron chi connectivity index (χ1n) is 6.95. The molecule has 1 N–H and O–H groups in total. The van der Waals surface area contributed by atoms with E-state index in [2.05, 4.69) is 0 Å². The van der Waals surface area contributed by atoms with Crippen molar-refractivity contribution >= 4 is 23.3 Å². The number of rotatable bonds is 5. The Bertz CT molecular complexity index is 834. The molecule has 0 radical (unpaired) electrons. The first-order chi connectivity index (χ1) is 11.8. The van der Waals surface area contributed by atoms with Crippen LogP contribution in [0.25, 0.3) is 0 Å². The van der Waals surface area contributed by atoms with Gasteiger partial charge in [0.2, 0.25) is 0 Å². The van der Waals surface area contributed by atoms with Crippen molar-refractivity contribution in [1.29, 1.82) is 0 Å². The monoisotopic (exact) mass is 350 g/mol. The Morgan fingerprint density at radius 1 is 1.20 bits per heavy atom. The second kappa shape index (κ2) is 7.47. The number of nitro groups is 1. The van der Waals surface area contributed by atoms with Gasteiger partial charge >= 0.3 is 5.97 Å². The van der Waals surface area contributed by atoms with Crippen molar-refractivity contribution in [2.24, 2.45) is 0 Å². The smallest absolute Gasteiger partial charge is 0.338 e. The number of benzene rings is 2. The molecule has 0 aliphatic rings. The Hall–Kier alpha value is -3.36. The number of nitrogens with one attached hydrogen (secondary N) is 1. The van der Waals surface area contributed by atoms with Crippen LogP contribution in [0.15, 0.2) is 36.4 Å². The van der Waals surface area contributed by atoms with Crippen LogP contribution in [0.5, 0.6) is 0 Å². The number of halogens is 2. The number of esters is 1. The number of carbonyl (C=O) groups is 2. The lowest BCUT2D eigenvalue weighted by molar-refractivity contribution is -0.385. The maximum Gasteiger partial charge on any atom is 0.338 e. The lowest BCUT2D eigenvalue weighted by Gasteiger charge is -2.08. The molecular formula is C16H12F2N2O5. The summed E-state index contributed by atoms with van der Waals surface area (Å²) in [6.45, 7) is 0.672. The minimum atomic E-state index is -0.967. The van der Waals surface area contributed by atoms with Crippen molar-refractivity contribution in [3.05, 3.63) is 69.3 Å². The van der Waals surface area contributed by atoms with E-state index in [9.17, 15) is 28.5 Å². The third-order valence-corrected chi connectivity index (χ3v) is 3.19. The second-order valence-corrected chi connectivity index (χ2v) is 4.98. The van der Waals surface area contributed by atoms with Gasteiger partial charge in [0.15, 0.2) is 6.61 Å². The van der Waals surface area contributed by atoms with E-state index in [-0.39, 0.29) is 16.8 Å². The Balaban J connectivity index is 1.99. The van der Waals surface area contributed by atoms with Gasteiger partial charge in [-0.2, -0.15) is 0 Å². The van der Waals surface area contributed by atoms with Gasteiger partial charge < -0.3 is 10.1 Å². The molecule has 2 aromatic carbocycles. The van der Waals surface area contributed by atoms with Gasteiger partial charge in [-0.1, -0.05) is 6.07 Å². The fourth-order valence-corrected chi connectivity index (χ4v) is 1.99. The van der Waals surface area contributed by atoms with Gasteiger partial charge in [0.1, 0.15) is 17.3 Å². The summed E-state index contributed by atoms with van der Waals surface area (Å²) in [5.74, 6) is -3.77. The van der Waals surface area contributed by atoms with Crippen LogP contribution in [0.2, 0.25) is 0 Å². The molecule has 2 rings (SSSR count). The molecular weight excluding hydrogens is 338 g/mol. The summed E-state index contributed by atoms with van der Waals surface area (Å²) in [5.41, 5.74) is -0.552. The Morgan fingerprint density at radius 2 is 1.84 bits per heavy atom. The van der Waals surface area contributed by atoms with E-state index in [0.29, 0.717) is 0 Å². The predicted molar refractivity (Wildman–Crippen MR) is 83.1 cm³/mol. The van der Waals surface area contributed by atoms with Crippen molar-refractivity contribution in [2.75, 3.05) is 11.9 Å². The molecule has 0 aliphatic heterocycles. The van der Waals surface area contributed by atoms with Gasteiger partial charge in [0.05, 0.1) is 10.5 Å². The number of ether oxygens (including phenoxy) is 1. The molecule has 0 saturated carbocycles.